The maximum atomic E-state index is 11.9. The molecule has 3 aromatic rings. The lowest BCUT2D eigenvalue weighted by atomic mass is 10.1. The van der Waals surface area contributed by atoms with E-state index >= 15 is 0 Å². The van der Waals surface area contributed by atoms with E-state index in [2.05, 4.69) is 9.97 Å². The molecule has 0 unspecified atom stereocenters. The zero-order valence-electron chi connectivity index (χ0n) is 11.8. The second-order valence-corrected chi connectivity index (χ2v) is 5.09. The van der Waals surface area contributed by atoms with Crippen LogP contribution in [0.2, 0.25) is 0 Å². The standard InChI is InChI=1S/C18H16N2O/c1-13-7-9-15(10-8-13)17-12-19-18(21)16(20-17)11-14-5-3-2-4-6-14/h2-10,12H,11H2,1H3,(H,19,21). The maximum Gasteiger partial charge on any atom is 0.270 e. The van der Waals surface area contributed by atoms with Crippen LogP contribution in [0.5, 0.6) is 0 Å². The van der Waals surface area contributed by atoms with Gasteiger partial charge < -0.3 is 4.98 Å². The van der Waals surface area contributed by atoms with Crippen LogP contribution in [-0.2, 0) is 6.42 Å². The summed E-state index contributed by atoms with van der Waals surface area (Å²) < 4.78 is 0. The first-order chi connectivity index (χ1) is 10.2. The normalized spacial score (nSPS) is 10.5. The fourth-order valence-electron chi connectivity index (χ4n) is 2.23. The van der Waals surface area contributed by atoms with E-state index in [1.165, 1.54) is 5.56 Å². The molecule has 0 radical (unpaired) electrons. The fraction of sp³-hybridized carbons (Fsp3) is 0.111. The van der Waals surface area contributed by atoms with Gasteiger partial charge in [-0.2, -0.15) is 0 Å². The van der Waals surface area contributed by atoms with Crippen LogP contribution in [0.1, 0.15) is 16.8 Å². The number of aromatic nitrogens is 2. The van der Waals surface area contributed by atoms with Gasteiger partial charge in [0.2, 0.25) is 0 Å². The Bertz CT molecular complexity index is 789. The molecule has 21 heavy (non-hydrogen) atoms. The van der Waals surface area contributed by atoms with Crippen molar-refractivity contribution >= 4 is 0 Å². The Morgan fingerprint density at radius 1 is 1.00 bits per heavy atom. The van der Waals surface area contributed by atoms with Crippen molar-refractivity contribution in [2.24, 2.45) is 0 Å². The Labute approximate surface area is 123 Å². The van der Waals surface area contributed by atoms with E-state index in [1.807, 2.05) is 61.5 Å². The average molecular weight is 276 g/mol. The molecule has 0 spiro atoms. The smallest absolute Gasteiger partial charge is 0.270 e. The Hall–Kier alpha value is -2.68. The molecule has 0 amide bonds. The van der Waals surface area contributed by atoms with E-state index in [0.29, 0.717) is 12.1 Å². The first kappa shape index (κ1) is 13.3. The molecule has 1 heterocycles. The number of nitrogens with one attached hydrogen (secondary N) is 1. The highest BCUT2D eigenvalue weighted by atomic mass is 16.1. The molecule has 0 aliphatic rings. The van der Waals surface area contributed by atoms with Gasteiger partial charge in [0.15, 0.2) is 0 Å². The number of benzene rings is 2. The largest absolute Gasteiger partial charge is 0.325 e. The first-order valence-corrected chi connectivity index (χ1v) is 6.92. The number of aryl methyl sites for hydroxylation is 1. The summed E-state index contributed by atoms with van der Waals surface area (Å²) in [7, 11) is 0. The molecule has 0 aliphatic heterocycles. The van der Waals surface area contributed by atoms with Gasteiger partial charge in [0.1, 0.15) is 5.69 Å². The number of aromatic amines is 1. The Morgan fingerprint density at radius 2 is 1.71 bits per heavy atom. The van der Waals surface area contributed by atoms with Gasteiger partial charge >= 0.3 is 0 Å². The molecule has 0 aliphatic carbocycles. The minimum atomic E-state index is -0.130. The number of H-pyrrole nitrogens is 1. The van der Waals surface area contributed by atoms with Crippen molar-refractivity contribution < 1.29 is 0 Å². The van der Waals surface area contributed by atoms with Gasteiger partial charge in [-0.15, -0.1) is 0 Å². The molecule has 0 fully saturated rings. The lowest BCUT2D eigenvalue weighted by Crippen LogP contribution is -2.15. The second kappa shape index (κ2) is 5.75. The highest BCUT2D eigenvalue weighted by molar-refractivity contribution is 5.58. The molecule has 2 aromatic carbocycles. The molecule has 0 atom stereocenters. The molecule has 3 rings (SSSR count). The number of hydrogen-bond donors (Lipinski definition) is 1. The van der Waals surface area contributed by atoms with Gasteiger partial charge in [0.25, 0.3) is 5.56 Å². The second-order valence-electron chi connectivity index (χ2n) is 5.09. The third-order valence-electron chi connectivity index (χ3n) is 3.42. The van der Waals surface area contributed by atoms with Crippen molar-refractivity contribution in [2.75, 3.05) is 0 Å². The average Bonchev–Trinajstić information content (AvgIpc) is 2.51. The predicted molar refractivity (Wildman–Crippen MR) is 84.3 cm³/mol. The quantitative estimate of drug-likeness (QED) is 0.797. The van der Waals surface area contributed by atoms with E-state index in [9.17, 15) is 4.79 Å². The molecule has 0 saturated carbocycles. The SMILES string of the molecule is Cc1ccc(-c2c[nH]c(=O)c(Cc3ccccc3)n2)cc1. The summed E-state index contributed by atoms with van der Waals surface area (Å²) in [6.07, 6.45) is 2.21. The van der Waals surface area contributed by atoms with E-state index < -0.39 is 0 Å². The van der Waals surface area contributed by atoms with Crippen molar-refractivity contribution in [1.29, 1.82) is 0 Å². The molecule has 0 bridgehead atoms. The summed E-state index contributed by atoms with van der Waals surface area (Å²) in [5.41, 5.74) is 4.49. The van der Waals surface area contributed by atoms with Crippen LogP contribution in [0.4, 0.5) is 0 Å². The van der Waals surface area contributed by atoms with Crippen molar-refractivity contribution in [2.45, 2.75) is 13.3 Å². The van der Waals surface area contributed by atoms with Crippen LogP contribution in [0.3, 0.4) is 0 Å². The van der Waals surface area contributed by atoms with Crippen LogP contribution in [0.25, 0.3) is 11.3 Å². The summed E-state index contributed by atoms with van der Waals surface area (Å²) in [5, 5.41) is 0. The van der Waals surface area contributed by atoms with Crippen LogP contribution in [0.15, 0.2) is 65.6 Å². The molecule has 3 nitrogen and oxygen atoms in total. The summed E-state index contributed by atoms with van der Waals surface area (Å²) in [6, 6.07) is 18.0. The maximum absolute atomic E-state index is 11.9. The highest BCUT2D eigenvalue weighted by Crippen LogP contribution is 2.16. The zero-order valence-corrected chi connectivity index (χ0v) is 11.8. The lowest BCUT2D eigenvalue weighted by molar-refractivity contribution is 0.995. The predicted octanol–water partition coefficient (Wildman–Crippen LogP) is 3.34. The van der Waals surface area contributed by atoms with E-state index in [1.54, 1.807) is 6.20 Å². The van der Waals surface area contributed by atoms with Gasteiger partial charge in [-0.05, 0) is 12.5 Å². The van der Waals surface area contributed by atoms with Crippen molar-refractivity contribution in [1.82, 2.24) is 9.97 Å². The molecule has 1 N–H and O–H groups in total. The Morgan fingerprint density at radius 3 is 2.43 bits per heavy atom. The third-order valence-corrected chi connectivity index (χ3v) is 3.42. The van der Waals surface area contributed by atoms with Gasteiger partial charge in [-0.25, -0.2) is 4.98 Å². The van der Waals surface area contributed by atoms with E-state index in [4.69, 9.17) is 0 Å². The Balaban J connectivity index is 1.96. The van der Waals surface area contributed by atoms with Gasteiger partial charge in [-0.3, -0.25) is 4.79 Å². The van der Waals surface area contributed by atoms with Gasteiger partial charge in [-0.1, -0.05) is 60.2 Å². The zero-order chi connectivity index (χ0) is 14.7. The lowest BCUT2D eigenvalue weighted by Gasteiger charge is -2.05. The fourth-order valence-corrected chi connectivity index (χ4v) is 2.23. The molecule has 1 aromatic heterocycles. The number of rotatable bonds is 3. The number of nitrogens with zero attached hydrogens (tertiary/aromatic N) is 1. The topological polar surface area (TPSA) is 45.8 Å². The summed E-state index contributed by atoms with van der Waals surface area (Å²) in [5.74, 6) is 0. The van der Waals surface area contributed by atoms with Crippen molar-refractivity contribution in [3.8, 4) is 11.3 Å². The van der Waals surface area contributed by atoms with Crippen molar-refractivity contribution in [3.05, 3.63) is 88.0 Å². The Kier molecular flexibility index (Phi) is 3.65. The summed E-state index contributed by atoms with van der Waals surface area (Å²) >= 11 is 0. The van der Waals surface area contributed by atoms with Crippen LogP contribution in [0, 0.1) is 6.92 Å². The van der Waals surface area contributed by atoms with Gasteiger partial charge in [0.05, 0.1) is 5.69 Å². The monoisotopic (exact) mass is 276 g/mol. The van der Waals surface area contributed by atoms with E-state index in [0.717, 1.165) is 16.8 Å². The molecule has 3 heteroatoms. The highest BCUT2D eigenvalue weighted by Gasteiger charge is 2.06. The molecular formula is C18H16N2O. The summed E-state index contributed by atoms with van der Waals surface area (Å²) in [6.45, 7) is 2.05. The minimum absolute atomic E-state index is 0.130. The first-order valence-electron chi connectivity index (χ1n) is 6.92. The van der Waals surface area contributed by atoms with Crippen molar-refractivity contribution in [3.63, 3.8) is 0 Å². The van der Waals surface area contributed by atoms with Gasteiger partial charge in [0, 0.05) is 18.2 Å². The minimum Gasteiger partial charge on any atom is -0.325 e. The summed E-state index contributed by atoms with van der Waals surface area (Å²) in [4.78, 5) is 19.3. The molecular weight excluding hydrogens is 260 g/mol. The van der Waals surface area contributed by atoms with Crippen LogP contribution >= 0.6 is 0 Å². The molecule has 0 saturated heterocycles. The molecule has 104 valence electrons. The van der Waals surface area contributed by atoms with Crippen LogP contribution < -0.4 is 5.56 Å². The third kappa shape index (κ3) is 3.08. The van der Waals surface area contributed by atoms with E-state index in [-0.39, 0.29) is 5.56 Å². The van der Waals surface area contributed by atoms with Crippen LogP contribution in [-0.4, -0.2) is 9.97 Å². The number of hydrogen-bond acceptors (Lipinski definition) is 2.